The number of hydrogen-bond acceptors (Lipinski definition) is 6. The molecule has 1 N–H and O–H groups in total. The van der Waals surface area contributed by atoms with Crippen LogP contribution < -0.4 is 9.47 Å². The zero-order valence-electron chi connectivity index (χ0n) is 14.1. The van der Waals surface area contributed by atoms with E-state index < -0.39 is 5.97 Å². The number of aromatic carboxylic acids is 1. The fourth-order valence-corrected chi connectivity index (χ4v) is 3.04. The first-order valence-electron chi connectivity index (χ1n) is 7.81. The van der Waals surface area contributed by atoms with Gasteiger partial charge in [-0.2, -0.15) is 0 Å². The maximum Gasteiger partial charge on any atom is 0.355 e. The third-order valence-electron chi connectivity index (χ3n) is 3.69. The molecule has 6 nitrogen and oxygen atoms in total. The Morgan fingerprint density at radius 1 is 1.29 bits per heavy atom. The van der Waals surface area contributed by atoms with Crippen molar-refractivity contribution in [3.05, 3.63) is 29.3 Å². The van der Waals surface area contributed by atoms with E-state index in [9.17, 15) is 4.79 Å². The Morgan fingerprint density at radius 2 is 2.04 bits per heavy atom. The number of nitrogens with zero attached hydrogens (tertiary/aromatic N) is 2. The quantitative estimate of drug-likeness (QED) is 0.748. The van der Waals surface area contributed by atoms with E-state index in [0.29, 0.717) is 23.1 Å². The molecule has 0 unspecified atom stereocenters. The van der Waals surface area contributed by atoms with Crippen LogP contribution in [0.25, 0.3) is 10.6 Å². The largest absolute Gasteiger partial charge is 0.493 e. The zero-order valence-corrected chi connectivity index (χ0v) is 14.9. The van der Waals surface area contributed by atoms with Gasteiger partial charge in [0.25, 0.3) is 0 Å². The molecular formula is C17H22N2O4S. The summed E-state index contributed by atoms with van der Waals surface area (Å²) in [4.78, 5) is 17.4. The minimum atomic E-state index is -1.03. The summed E-state index contributed by atoms with van der Waals surface area (Å²) in [5.74, 6) is 0.254. The van der Waals surface area contributed by atoms with Crippen LogP contribution in [0.15, 0.2) is 23.6 Å². The number of rotatable bonds is 9. The molecule has 0 fully saturated rings. The summed E-state index contributed by atoms with van der Waals surface area (Å²) in [5, 5.41) is 11.2. The average Bonchev–Trinajstić information content (AvgIpc) is 3.09. The molecule has 1 heterocycles. The maximum absolute atomic E-state index is 11.0. The fourth-order valence-electron chi connectivity index (χ4n) is 2.25. The lowest BCUT2D eigenvalue weighted by Gasteiger charge is -2.19. The van der Waals surface area contributed by atoms with E-state index >= 15 is 0 Å². The number of carboxylic acids is 1. The molecule has 130 valence electrons. The molecule has 0 radical (unpaired) electrons. The molecule has 0 aliphatic heterocycles. The normalized spacial score (nSPS) is 10.8. The molecule has 0 saturated heterocycles. The lowest BCUT2D eigenvalue weighted by atomic mass is 10.2. The van der Waals surface area contributed by atoms with Gasteiger partial charge in [0.1, 0.15) is 11.6 Å². The second-order valence-corrected chi connectivity index (χ2v) is 5.94. The number of carboxylic acid groups (broad SMARTS) is 1. The molecule has 0 bridgehead atoms. The summed E-state index contributed by atoms with van der Waals surface area (Å²) in [5.41, 5.74) is 0.862. The number of methoxy groups -OCH3 is 1. The van der Waals surface area contributed by atoms with Gasteiger partial charge in [0.15, 0.2) is 17.2 Å². The second-order valence-electron chi connectivity index (χ2n) is 5.08. The highest BCUT2D eigenvalue weighted by Gasteiger charge is 2.13. The summed E-state index contributed by atoms with van der Waals surface area (Å²) in [6.07, 6.45) is 0. The summed E-state index contributed by atoms with van der Waals surface area (Å²) in [6, 6.07) is 5.50. The van der Waals surface area contributed by atoms with Crippen molar-refractivity contribution in [3.63, 3.8) is 0 Å². The Labute approximate surface area is 145 Å². The van der Waals surface area contributed by atoms with Gasteiger partial charge in [-0.3, -0.25) is 0 Å². The van der Waals surface area contributed by atoms with Crippen molar-refractivity contribution in [3.8, 4) is 22.1 Å². The highest BCUT2D eigenvalue weighted by Crippen LogP contribution is 2.33. The standard InChI is InChI=1S/C17H22N2O4S/c1-4-19(5-2)8-9-23-15-10-12(6-7-14(15)22-3)16-18-13(11-24-16)17(20)21/h6-7,10-11H,4-5,8-9H2,1-3H3,(H,20,21). The number of carbonyl (C=O) groups is 1. The van der Waals surface area contributed by atoms with Gasteiger partial charge in [-0.15, -0.1) is 11.3 Å². The number of hydrogen-bond donors (Lipinski definition) is 1. The van der Waals surface area contributed by atoms with Crippen molar-refractivity contribution in [1.82, 2.24) is 9.88 Å². The van der Waals surface area contributed by atoms with Gasteiger partial charge >= 0.3 is 5.97 Å². The van der Waals surface area contributed by atoms with Crippen LogP contribution in [0, 0.1) is 0 Å². The smallest absolute Gasteiger partial charge is 0.355 e. The summed E-state index contributed by atoms with van der Waals surface area (Å²) >= 11 is 1.29. The van der Waals surface area contributed by atoms with Crippen LogP contribution in [-0.2, 0) is 0 Å². The third-order valence-corrected chi connectivity index (χ3v) is 4.58. The zero-order chi connectivity index (χ0) is 17.5. The van der Waals surface area contributed by atoms with Crippen molar-refractivity contribution in [1.29, 1.82) is 0 Å². The molecule has 0 spiro atoms. The number of aromatic nitrogens is 1. The van der Waals surface area contributed by atoms with E-state index in [1.54, 1.807) is 7.11 Å². The highest BCUT2D eigenvalue weighted by atomic mass is 32.1. The van der Waals surface area contributed by atoms with Crippen LogP contribution >= 0.6 is 11.3 Å². The average molecular weight is 350 g/mol. The Morgan fingerprint density at radius 3 is 2.62 bits per heavy atom. The van der Waals surface area contributed by atoms with Gasteiger partial charge < -0.3 is 19.5 Å². The molecule has 0 amide bonds. The van der Waals surface area contributed by atoms with Crippen molar-refractivity contribution < 1.29 is 19.4 Å². The summed E-state index contributed by atoms with van der Waals surface area (Å²) in [6.45, 7) is 7.59. The highest BCUT2D eigenvalue weighted by molar-refractivity contribution is 7.13. The first-order valence-corrected chi connectivity index (χ1v) is 8.69. The van der Waals surface area contributed by atoms with Crippen molar-refractivity contribution in [2.24, 2.45) is 0 Å². The van der Waals surface area contributed by atoms with E-state index in [1.807, 2.05) is 18.2 Å². The van der Waals surface area contributed by atoms with Crippen LogP contribution in [0.5, 0.6) is 11.5 Å². The lowest BCUT2D eigenvalue weighted by Crippen LogP contribution is -2.27. The Bertz CT molecular complexity index is 683. The van der Waals surface area contributed by atoms with Crippen LogP contribution in [0.1, 0.15) is 24.3 Å². The van der Waals surface area contributed by atoms with Crippen LogP contribution in [0.2, 0.25) is 0 Å². The second kappa shape index (κ2) is 8.65. The molecule has 1 aromatic carbocycles. The topological polar surface area (TPSA) is 71.9 Å². The molecule has 2 rings (SSSR count). The van der Waals surface area contributed by atoms with Crippen LogP contribution in [-0.4, -0.2) is 54.3 Å². The third kappa shape index (κ3) is 4.46. The van der Waals surface area contributed by atoms with Gasteiger partial charge in [0.05, 0.1) is 7.11 Å². The Balaban J connectivity index is 2.15. The number of thiazole rings is 1. The first kappa shape index (κ1) is 18.2. The van der Waals surface area contributed by atoms with Gasteiger partial charge in [-0.25, -0.2) is 9.78 Å². The molecule has 0 aliphatic carbocycles. The predicted octanol–water partition coefficient (Wildman–Crippen LogP) is 3.24. The molecule has 0 saturated carbocycles. The summed E-state index contributed by atoms with van der Waals surface area (Å²) in [7, 11) is 1.60. The van der Waals surface area contributed by atoms with Gasteiger partial charge in [-0.05, 0) is 31.3 Å². The van der Waals surface area contributed by atoms with Gasteiger partial charge in [0.2, 0.25) is 0 Å². The number of ether oxygens (including phenoxy) is 2. The van der Waals surface area contributed by atoms with E-state index in [-0.39, 0.29) is 5.69 Å². The Kier molecular flexibility index (Phi) is 6.57. The monoisotopic (exact) mass is 350 g/mol. The molecule has 1 aromatic heterocycles. The molecule has 0 aliphatic rings. The number of likely N-dealkylation sites (N-methyl/N-ethyl adjacent to an activating group) is 1. The lowest BCUT2D eigenvalue weighted by molar-refractivity contribution is 0.0691. The predicted molar refractivity (Wildman–Crippen MR) is 94.3 cm³/mol. The minimum Gasteiger partial charge on any atom is -0.493 e. The van der Waals surface area contributed by atoms with Crippen molar-refractivity contribution in [2.75, 3.05) is 33.4 Å². The molecule has 24 heavy (non-hydrogen) atoms. The van der Waals surface area contributed by atoms with Crippen molar-refractivity contribution in [2.45, 2.75) is 13.8 Å². The van der Waals surface area contributed by atoms with E-state index in [1.165, 1.54) is 16.7 Å². The van der Waals surface area contributed by atoms with Crippen LogP contribution in [0.4, 0.5) is 0 Å². The fraction of sp³-hybridized carbons (Fsp3) is 0.412. The van der Waals surface area contributed by atoms with Gasteiger partial charge in [-0.1, -0.05) is 13.8 Å². The molecule has 2 aromatic rings. The van der Waals surface area contributed by atoms with E-state index in [2.05, 4.69) is 23.7 Å². The maximum atomic E-state index is 11.0. The Hall–Kier alpha value is -2.12. The van der Waals surface area contributed by atoms with Crippen LogP contribution in [0.3, 0.4) is 0 Å². The number of benzene rings is 1. The summed E-state index contributed by atoms with van der Waals surface area (Å²) < 4.78 is 11.2. The van der Waals surface area contributed by atoms with E-state index in [0.717, 1.165) is 25.2 Å². The van der Waals surface area contributed by atoms with Crippen molar-refractivity contribution >= 4 is 17.3 Å². The van der Waals surface area contributed by atoms with E-state index in [4.69, 9.17) is 14.6 Å². The van der Waals surface area contributed by atoms with Gasteiger partial charge in [0, 0.05) is 17.5 Å². The SMILES string of the molecule is CCN(CC)CCOc1cc(-c2nc(C(=O)O)cs2)ccc1OC. The minimum absolute atomic E-state index is 0.0508. The molecular weight excluding hydrogens is 328 g/mol. The first-order chi connectivity index (χ1) is 11.6. The molecule has 0 atom stereocenters. The molecule has 7 heteroatoms.